The Kier molecular flexibility index (Phi) is 5.33. The molecule has 0 saturated carbocycles. The maximum atomic E-state index is 13.1. The molecule has 2 aromatic rings. The number of imidazole rings is 1. The number of aromatic nitrogens is 2. The highest BCUT2D eigenvalue weighted by atomic mass is 32.2. The molecule has 3 heterocycles. The summed E-state index contributed by atoms with van der Waals surface area (Å²) < 4.78 is 0.0559. The number of hydrogen-bond donors (Lipinski definition) is 4. The van der Waals surface area contributed by atoms with Gasteiger partial charge < -0.3 is 25.6 Å². The van der Waals surface area contributed by atoms with Crippen LogP contribution in [0.1, 0.15) is 25.5 Å². The lowest BCUT2D eigenvalue weighted by Gasteiger charge is -2.44. The molecule has 1 aromatic carbocycles. The minimum atomic E-state index is -1.18. The number of β-lactam (4-membered cyclic amide) rings is 1. The molecule has 2 fully saturated rings. The van der Waals surface area contributed by atoms with Crippen LogP contribution < -0.4 is 16.3 Å². The van der Waals surface area contributed by atoms with E-state index >= 15 is 0 Å². The highest BCUT2D eigenvalue weighted by Crippen LogP contribution is 2.50. The Labute approximate surface area is 186 Å². The second-order valence-electron chi connectivity index (χ2n) is 8.01. The van der Waals surface area contributed by atoms with Crippen LogP contribution >= 0.6 is 11.8 Å². The Morgan fingerprint density at radius 2 is 1.88 bits per heavy atom. The van der Waals surface area contributed by atoms with Crippen molar-refractivity contribution in [2.45, 2.75) is 42.1 Å². The number of benzene rings is 1. The number of carboxylic acid groups (broad SMARTS) is 1. The predicted molar refractivity (Wildman–Crippen MR) is 114 cm³/mol. The molecule has 32 heavy (non-hydrogen) atoms. The van der Waals surface area contributed by atoms with Gasteiger partial charge in [-0.2, -0.15) is 0 Å². The van der Waals surface area contributed by atoms with Crippen LogP contribution in [0.2, 0.25) is 0 Å². The number of carbonyl (C=O) groups is 4. The first-order valence-corrected chi connectivity index (χ1v) is 10.6. The van der Waals surface area contributed by atoms with Crippen LogP contribution in [0.3, 0.4) is 0 Å². The first kappa shape index (κ1) is 21.7. The number of hydrogen-bond acceptors (Lipinski definition) is 6. The number of carbonyl (C=O) groups excluding carboxylic acids is 3. The summed E-state index contributed by atoms with van der Waals surface area (Å²) in [4.78, 5) is 65.4. The summed E-state index contributed by atoms with van der Waals surface area (Å²) in [5, 5.41) is 14.2. The molecule has 4 N–H and O–H groups in total. The lowest BCUT2D eigenvalue weighted by Crippen LogP contribution is -2.71. The number of H-pyrrole nitrogens is 1. The fourth-order valence-corrected chi connectivity index (χ4v) is 5.63. The average molecular weight is 459 g/mol. The molecule has 11 nitrogen and oxygen atoms in total. The van der Waals surface area contributed by atoms with Gasteiger partial charge in [0.1, 0.15) is 23.5 Å². The molecular formula is C20H21N5O6S. The van der Waals surface area contributed by atoms with Crippen molar-refractivity contribution in [3.05, 3.63) is 58.8 Å². The van der Waals surface area contributed by atoms with Gasteiger partial charge in [-0.1, -0.05) is 30.3 Å². The highest BCUT2D eigenvalue weighted by molar-refractivity contribution is 8.01. The number of nitrogens with one attached hydrogen (secondary N) is 3. The van der Waals surface area contributed by atoms with E-state index in [1.165, 1.54) is 29.1 Å². The molecular weight excluding hydrogens is 438 g/mol. The molecule has 1 aromatic heterocycles. The van der Waals surface area contributed by atoms with Crippen LogP contribution in [0.5, 0.6) is 0 Å². The predicted octanol–water partition coefficient (Wildman–Crippen LogP) is 0.107. The Hall–Kier alpha value is -3.54. The third-order valence-corrected chi connectivity index (χ3v) is 7.08. The van der Waals surface area contributed by atoms with E-state index < -0.39 is 57.8 Å². The van der Waals surface area contributed by atoms with Gasteiger partial charge in [0.15, 0.2) is 0 Å². The van der Waals surface area contributed by atoms with E-state index in [0.29, 0.717) is 5.56 Å². The smallest absolute Gasteiger partial charge is 0.333 e. The van der Waals surface area contributed by atoms with Gasteiger partial charge in [0.2, 0.25) is 11.8 Å². The third-order valence-electron chi connectivity index (χ3n) is 5.50. The number of amides is 3. The number of aliphatic carboxylic acids is 1. The van der Waals surface area contributed by atoms with E-state index in [2.05, 4.69) is 15.6 Å². The Morgan fingerprint density at radius 1 is 1.19 bits per heavy atom. The van der Waals surface area contributed by atoms with Crippen LogP contribution in [0.4, 0.5) is 4.79 Å². The summed E-state index contributed by atoms with van der Waals surface area (Å²) in [5.41, 5.74) is -0.211. The number of nitrogens with zero attached hydrogens (tertiary/aromatic N) is 2. The molecule has 4 atom stereocenters. The van der Waals surface area contributed by atoms with Gasteiger partial charge in [-0.15, -0.1) is 11.8 Å². The summed E-state index contributed by atoms with van der Waals surface area (Å²) >= 11 is 1.30. The highest BCUT2D eigenvalue weighted by Gasteiger charge is 2.64. The van der Waals surface area contributed by atoms with Crippen molar-refractivity contribution in [3.63, 3.8) is 0 Å². The first-order valence-electron chi connectivity index (χ1n) is 9.77. The van der Waals surface area contributed by atoms with Crippen molar-refractivity contribution >= 4 is 35.6 Å². The van der Waals surface area contributed by atoms with E-state index in [1.54, 1.807) is 44.2 Å². The SMILES string of the molecule is CC1(C)S[C@@H]2[C@H](NC(=O)[C@H](NC(=O)n3cc[nH]c3=O)c3ccccc3)C(=O)N2[C@H]1C(=O)O. The molecule has 0 bridgehead atoms. The van der Waals surface area contributed by atoms with Crippen molar-refractivity contribution in [2.75, 3.05) is 0 Å². The Balaban J connectivity index is 1.54. The van der Waals surface area contributed by atoms with E-state index in [9.17, 15) is 29.1 Å². The molecule has 3 amide bonds. The topological polar surface area (TPSA) is 154 Å². The summed E-state index contributed by atoms with van der Waals surface area (Å²) in [6.45, 7) is 3.48. The molecule has 2 saturated heterocycles. The summed E-state index contributed by atoms with van der Waals surface area (Å²) in [7, 11) is 0. The number of rotatable bonds is 5. The molecule has 2 aliphatic heterocycles. The lowest BCUT2D eigenvalue weighted by molar-refractivity contribution is -0.161. The zero-order valence-corrected chi connectivity index (χ0v) is 18.0. The zero-order valence-electron chi connectivity index (χ0n) is 17.1. The monoisotopic (exact) mass is 459 g/mol. The van der Waals surface area contributed by atoms with E-state index in [-0.39, 0.29) is 0 Å². The normalized spacial score (nSPS) is 24.2. The first-order chi connectivity index (χ1) is 15.1. The number of aromatic amines is 1. The maximum absolute atomic E-state index is 13.1. The Bertz CT molecular complexity index is 1140. The molecule has 12 heteroatoms. The number of thioether (sulfide) groups is 1. The molecule has 0 spiro atoms. The minimum absolute atomic E-state index is 0.452. The van der Waals surface area contributed by atoms with Gasteiger partial charge in [0.25, 0.3) is 0 Å². The average Bonchev–Trinajstić information content (AvgIpc) is 3.29. The van der Waals surface area contributed by atoms with Crippen molar-refractivity contribution < 1.29 is 24.3 Å². The van der Waals surface area contributed by atoms with Crippen molar-refractivity contribution in [1.29, 1.82) is 0 Å². The van der Waals surface area contributed by atoms with Crippen molar-refractivity contribution in [1.82, 2.24) is 25.1 Å². The third kappa shape index (κ3) is 3.55. The minimum Gasteiger partial charge on any atom is -0.480 e. The van der Waals surface area contributed by atoms with Crippen LogP contribution in [0, 0.1) is 0 Å². The van der Waals surface area contributed by atoms with Gasteiger partial charge in [0.05, 0.1) is 0 Å². The summed E-state index contributed by atoms with van der Waals surface area (Å²) in [5.74, 6) is -2.24. The quantitative estimate of drug-likeness (QED) is 0.463. The van der Waals surface area contributed by atoms with Gasteiger partial charge in [-0.05, 0) is 19.4 Å². The number of carboxylic acids is 1. The number of fused-ring (bicyclic) bond motifs is 1. The maximum Gasteiger partial charge on any atom is 0.333 e. The van der Waals surface area contributed by atoms with Gasteiger partial charge in [0, 0.05) is 17.1 Å². The van der Waals surface area contributed by atoms with E-state index in [0.717, 1.165) is 4.57 Å². The second kappa shape index (κ2) is 7.86. The van der Waals surface area contributed by atoms with Gasteiger partial charge in [-0.3, -0.25) is 9.59 Å². The molecule has 168 valence electrons. The van der Waals surface area contributed by atoms with Crippen LogP contribution in [-0.2, 0) is 14.4 Å². The van der Waals surface area contributed by atoms with Crippen molar-refractivity contribution in [2.24, 2.45) is 0 Å². The fourth-order valence-electron chi connectivity index (χ4n) is 4.00. The van der Waals surface area contributed by atoms with Gasteiger partial charge >= 0.3 is 17.7 Å². The standard InChI is InChI=1S/C20H21N5O6S/c1-20(2)13(17(28)29)25-15(27)12(16(25)32-20)22-14(26)11(10-6-4-3-5-7-10)23-19(31)24-9-8-21-18(24)30/h3-9,11-13,16H,1-2H3,(H,21,30)(H,22,26)(H,23,31)(H,28,29)/t11-,12-,13+,16-/m1/s1. The van der Waals surface area contributed by atoms with Crippen LogP contribution in [0.15, 0.2) is 47.5 Å². The van der Waals surface area contributed by atoms with E-state index in [4.69, 9.17) is 0 Å². The summed E-state index contributed by atoms with van der Waals surface area (Å²) in [6, 6.07) is 4.47. The zero-order chi connectivity index (χ0) is 23.2. The molecule has 0 aliphatic carbocycles. The van der Waals surface area contributed by atoms with Crippen LogP contribution in [-0.4, -0.2) is 65.6 Å². The van der Waals surface area contributed by atoms with Crippen LogP contribution in [0.25, 0.3) is 0 Å². The Morgan fingerprint density at radius 3 is 2.47 bits per heavy atom. The summed E-state index contributed by atoms with van der Waals surface area (Å²) in [6.07, 6.45) is 2.52. The molecule has 0 unspecified atom stereocenters. The fraction of sp³-hybridized carbons (Fsp3) is 0.350. The molecule has 0 radical (unpaired) electrons. The largest absolute Gasteiger partial charge is 0.480 e. The van der Waals surface area contributed by atoms with Gasteiger partial charge in [-0.25, -0.2) is 19.0 Å². The second-order valence-corrected chi connectivity index (χ2v) is 9.78. The van der Waals surface area contributed by atoms with E-state index in [1.807, 2.05) is 0 Å². The molecule has 2 aliphatic rings. The molecule has 4 rings (SSSR count). The van der Waals surface area contributed by atoms with Crippen molar-refractivity contribution in [3.8, 4) is 0 Å². The lowest BCUT2D eigenvalue weighted by atomic mass is 9.95.